The Kier molecular flexibility index (Phi) is 7.53. The molecule has 0 radical (unpaired) electrons. The second-order valence-electron chi connectivity index (χ2n) is 4.99. The van der Waals surface area contributed by atoms with E-state index in [1.165, 1.54) is 0 Å². The summed E-state index contributed by atoms with van der Waals surface area (Å²) in [6.45, 7) is -1.69. The molecule has 0 fully saturated rings. The summed E-state index contributed by atoms with van der Waals surface area (Å²) < 4.78 is 0. The molecular weight excluding hydrogens is 316 g/mol. The van der Waals surface area contributed by atoms with Crippen molar-refractivity contribution in [1.82, 2.24) is 10.2 Å². The molecule has 6 N–H and O–H groups in total. The summed E-state index contributed by atoms with van der Waals surface area (Å²) in [5.41, 5.74) is 11.7. The van der Waals surface area contributed by atoms with Crippen LogP contribution >= 0.6 is 0 Å². The lowest BCUT2D eigenvalue weighted by Gasteiger charge is -2.22. The van der Waals surface area contributed by atoms with Crippen molar-refractivity contribution in [3.63, 3.8) is 0 Å². The number of benzene rings is 1. The molecule has 3 amide bonds. The SMILES string of the molecule is NCC(=O)NCC(=O)N(CC(=O)O)C(=O)[C@@H](N)Cc1ccccc1. The molecule has 0 aliphatic heterocycles. The van der Waals surface area contributed by atoms with E-state index in [-0.39, 0.29) is 13.0 Å². The highest BCUT2D eigenvalue weighted by molar-refractivity contribution is 6.01. The summed E-state index contributed by atoms with van der Waals surface area (Å²) in [6, 6.07) is 7.79. The maximum Gasteiger partial charge on any atom is 0.323 e. The molecule has 0 bridgehead atoms. The fourth-order valence-corrected chi connectivity index (χ4v) is 1.92. The fourth-order valence-electron chi connectivity index (χ4n) is 1.92. The van der Waals surface area contributed by atoms with Gasteiger partial charge in [-0.1, -0.05) is 30.3 Å². The molecule has 9 heteroatoms. The van der Waals surface area contributed by atoms with Crippen LogP contribution in [0.25, 0.3) is 0 Å². The van der Waals surface area contributed by atoms with Crippen LogP contribution in [0.3, 0.4) is 0 Å². The first-order valence-electron chi connectivity index (χ1n) is 7.17. The third-order valence-electron chi connectivity index (χ3n) is 3.10. The van der Waals surface area contributed by atoms with Crippen molar-refractivity contribution in [3.8, 4) is 0 Å². The van der Waals surface area contributed by atoms with Crippen molar-refractivity contribution < 1.29 is 24.3 Å². The van der Waals surface area contributed by atoms with Crippen molar-refractivity contribution in [2.24, 2.45) is 11.5 Å². The highest BCUT2D eigenvalue weighted by Gasteiger charge is 2.28. The van der Waals surface area contributed by atoms with Gasteiger partial charge in [-0.25, -0.2) is 0 Å². The smallest absolute Gasteiger partial charge is 0.323 e. The fraction of sp³-hybridized carbons (Fsp3) is 0.333. The highest BCUT2D eigenvalue weighted by Crippen LogP contribution is 2.05. The van der Waals surface area contributed by atoms with Crippen LogP contribution in [0.2, 0.25) is 0 Å². The van der Waals surface area contributed by atoms with E-state index in [9.17, 15) is 19.2 Å². The Balaban J connectivity index is 2.78. The van der Waals surface area contributed by atoms with Crippen LogP contribution in [0.5, 0.6) is 0 Å². The topological polar surface area (TPSA) is 156 Å². The summed E-state index contributed by atoms with van der Waals surface area (Å²) >= 11 is 0. The quantitative estimate of drug-likeness (QED) is 0.431. The normalized spacial score (nSPS) is 11.4. The molecule has 0 aliphatic carbocycles. The van der Waals surface area contributed by atoms with Gasteiger partial charge in [0.2, 0.25) is 17.7 Å². The Labute approximate surface area is 138 Å². The van der Waals surface area contributed by atoms with Gasteiger partial charge in [-0.2, -0.15) is 0 Å². The van der Waals surface area contributed by atoms with Crippen LogP contribution in [0.1, 0.15) is 5.56 Å². The number of nitrogens with two attached hydrogens (primary N) is 2. The van der Waals surface area contributed by atoms with Gasteiger partial charge in [-0.15, -0.1) is 0 Å². The monoisotopic (exact) mass is 336 g/mol. The molecular formula is C15H20N4O5. The predicted molar refractivity (Wildman–Crippen MR) is 84.5 cm³/mol. The van der Waals surface area contributed by atoms with Crippen molar-refractivity contribution in [3.05, 3.63) is 35.9 Å². The lowest BCUT2D eigenvalue weighted by Crippen LogP contribution is -2.52. The van der Waals surface area contributed by atoms with E-state index in [2.05, 4.69) is 5.32 Å². The Morgan fingerprint density at radius 3 is 2.33 bits per heavy atom. The van der Waals surface area contributed by atoms with E-state index >= 15 is 0 Å². The van der Waals surface area contributed by atoms with Crippen LogP contribution in [0.4, 0.5) is 0 Å². The summed E-state index contributed by atoms with van der Waals surface area (Å²) in [6.07, 6.45) is 0.151. The molecule has 1 atom stereocenters. The molecule has 1 aromatic carbocycles. The molecule has 0 spiro atoms. The number of carbonyl (C=O) groups excluding carboxylic acids is 3. The number of hydrogen-bond donors (Lipinski definition) is 4. The van der Waals surface area contributed by atoms with E-state index in [0.717, 1.165) is 5.56 Å². The van der Waals surface area contributed by atoms with Gasteiger partial charge < -0.3 is 21.9 Å². The molecule has 0 aromatic heterocycles. The van der Waals surface area contributed by atoms with Gasteiger partial charge in [0.1, 0.15) is 6.54 Å². The van der Waals surface area contributed by atoms with E-state index in [1.807, 2.05) is 0 Å². The summed E-state index contributed by atoms with van der Waals surface area (Å²) in [7, 11) is 0. The molecule has 9 nitrogen and oxygen atoms in total. The second kappa shape index (κ2) is 9.38. The molecule has 1 aromatic rings. The number of imide groups is 1. The van der Waals surface area contributed by atoms with E-state index in [1.54, 1.807) is 30.3 Å². The van der Waals surface area contributed by atoms with Crippen molar-refractivity contribution in [2.45, 2.75) is 12.5 Å². The molecule has 1 rings (SSSR count). The first-order chi connectivity index (χ1) is 11.3. The van der Waals surface area contributed by atoms with Crippen LogP contribution in [-0.2, 0) is 25.6 Å². The third-order valence-corrected chi connectivity index (χ3v) is 3.10. The number of carboxylic acid groups (broad SMARTS) is 1. The maximum atomic E-state index is 12.3. The molecule has 0 heterocycles. The van der Waals surface area contributed by atoms with E-state index in [4.69, 9.17) is 16.6 Å². The van der Waals surface area contributed by atoms with Gasteiger partial charge in [0.25, 0.3) is 0 Å². The lowest BCUT2D eigenvalue weighted by molar-refractivity contribution is -0.153. The van der Waals surface area contributed by atoms with E-state index in [0.29, 0.717) is 4.90 Å². The van der Waals surface area contributed by atoms with Crippen LogP contribution in [0.15, 0.2) is 30.3 Å². The molecule has 0 unspecified atom stereocenters. The summed E-state index contributed by atoms with van der Waals surface area (Å²) in [5.74, 6) is -3.66. The number of nitrogens with one attached hydrogen (secondary N) is 1. The Morgan fingerprint density at radius 1 is 1.17 bits per heavy atom. The van der Waals surface area contributed by atoms with Crippen molar-refractivity contribution in [2.75, 3.05) is 19.6 Å². The average molecular weight is 336 g/mol. The molecule has 0 saturated heterocycles. The van der Waals surface area contributed by atoms with Crippen molar-refractivity contribution in [1.29, 1.82) is 0 Å². The number of aliphatic carboxylic acids is 1. The molecule has 0 aliphatic rings. The second-order valence-corrected chi connectivity index (χ2v) is 4.99. The molecule has 24 heavy (non-hydrogen) atoms. The third kappa shape index (κ3) is 6.15. The minimum Gasteiger partial charge on any atom is -0.480 e. The van der Waals surface area contributed by atoms with Crippen LogP contribution in [-0.4, -0.2) is 59.4 Å². The molecule has 0 saturated carbocycles. The number of carbonyl (C=O) groups is 4. The Morgan fingerprint density at radius 2 is 1.79 bits per heavy atom. The number of hydrogen-bond acceptors (Lipinski definition) is 6. The van der Waals surface area contributed by atoms with Gasteiger partial charge in [0, 0.05) is 0 Å². The number of nitrogens with zero attached hydrogens (tertiary/aromatic N) is 1. The van der Waals surface area contributed by atoms with E-state index < -0.39 is 42.8 Å². The zero-order chi connectivity index (χ0) is 18.1. The largest absolute Gasteiger partial charge is 0.480 e. The van der Waals surface area contributed by atoms with Gasteiger partial charge in [-0.3, -0.25) is 24.1 Å². The minimum absolute atomic E-state index is 0.151. The highest BCUT2D eigenvalue weighted by atomic mass is 16.4. The first-order valence-corrected chi connectivity index (χ1v) is 7.17. The van der Waals surface area contributed by atoms with Gasteiger partial charge >= 0.3 is 5.97 Å². The first kappa shape index (κ1) is 19.3. The van der Waals surface area contributed by atoms with Crippen LogP contribution < -0.4 is 16.8 Å². The molecule has 130 valence electrons. The van der Waals surface area contributed by atoms with Gasteiger partial charge in [0.15, 0.2) is 0 Å². The minimum atomic E-state index is -1.37. The zero-order valence-electron chi connectivity index (χ0n) is 13.0. The lowest BCUT2D eigenvalue weighted by atomic mass is 10.1. The number of amides is 3. The summed E-state index contributed by atoms with van der Waals surface area (Å²) in [4.78, 5) is 46.8. The standard InChI is InChI=1S/C15H20N4O5/c16-7-12(20)18-8-13(21)19(9-14(22)23)15(24)11(17)6-10-4-2-1-3-5-10/h1-5,11H,6-9,16-17H2,(H,18,20)(H,22,23)/t11-/m0/s1. The zero-order valence-corrected chi connectivity index (χ0v) is 13.0. The number of rotatable bonds is 8. The predicted octanol–water partition coefficient (Wildman–Crippen LogP) is -1.93. The van der Waals surface area contributed by atoms with Crippen molar-refractivity contribution >= 4 is 23.7 Å². The van der Waals surface area contributed by atoms with Crippen LogP contribution in [0, 0.1) is 0 Å². The average Bonchev–Trinajstić information content (AvgIpc) is 2.57. The maximum absolute atomic E-state index is 12.3. The summed E-state index contributed by atoms with van der Waals surface area (Å²) in [5, 5.41) is 11.1. The number of carboxylic acids is 1. The van der Waals surface area contributed by atoms with Gasteiger partial charge in [0.05, 0.1) is 19.1 Å². The van der Waals surface area contributed by atoms with Gasteiger partial charge in [-0.05, 0) is 12.0 Å². The Hall–Kier alpha value is -2.78. The Bertz CT molecular complexity index is 605.